The number of aromatic nitrogens is 1. The van der Waals surface area contributed by atoms with Gasteiger partial charge in [0.25, 0.3) is 0 Å². The van der Waals surface area contributed by atoms with E-state index in [9.17, 15) is 0 Å². The molecule has 2 aromatic rings. The Morgan fingerprint density at radius 3 is 3.05 bits per heavy atom. The molecule has 0 bridgehead atoms. The second-order valence-electron chi connectivity index (χ2n) is 4.55. The van der Waals surface area contributed by atoms with Gasteiger partial charge in [0.2, 0.25) is 0 Å². The molecule has 102 valence electrons. The van der Waals surface area contributed by atoms with Gasteiger partial charge in [0.1, 0.15) is 30.4 Å². The van der Waals surface area contributed by atoms with E-state index in [-0.39, 0.29) is 6.61 Å². The molecule has 5 nitrogen and oxygen atoms in total. The van der Waals surface area contributed by atoms with E-state index in [0.717, 1.165) is 17.0 Å². The van der Waals surface area contributed by atoms with Gasteiger partial charge in [-0.1, -0.05) is 11.2 Å². The first kappa shape index (κ1) is 12.5. The topological polar surface area (TPSA) is 63.9 Å². The van der Waals surface area contributed by atoms with Crippen LogP contribution in [-0.4, -0.2) is 22.5 Å². The van der Waals surface area contributed by atoms with E-state index in [1.54, 1.807) is 6.07 Å². The number of fused-ring (bicyclic) bond motifs is 1. The van der Waals surface area contributed by atoms with Gasteiger partial charge in [-0.3, -0.25) is 4.98 Å². The maximum atomic E-state index is 8.83. The summed E-state index contributed by atoms with van der Waals surface area (Å²) in [6.45, 7) is 2.64. The second-order valence-corrected chi connectivity index (χ2v) is 4.55. The molecule has 1 aliphatic heterocycles. The Morgan fingerprint density at radius 2 is 2.25 bits per heavy atom. The first-order chi connectivity index (χ1) is 9.76. The molecule has 20 heavy (non-hydrogen) atoms. The van der Waals surface area contributed by atoms with Crippen molar-refractivity contribution in [3.8, 4) is 11.5 Å². The van der Waals surface area contributed by atoms with Crippen LogP contribution in [-0.2, 0) is 6.61 Å². The molecule has 0 saturated heterocycles. The zero-order valence-electron chi connectivity index (χ0n) is 11.0. The van der Waals surface area contributed by atoms with Crippen molar-refractivity contribution in [3.63, 3.8) is 0 Å². The third kappa shape index (κ3) is 2.42. The smallest absolute Gasteiger partial charge is 0.134 e. The van der Waals surface area contributed by atoms with E-state index in [2.05, 4.69) is 10.1 Å². The van der Waals surface area contributed by atoms with Gasteiger partial charge in [0.05, 0.1) is 5.69 Å². The second kappa shape index (κ2) is 5.21. The van der Waals surface area contributed by atoms with Crippen LogP contribution < -0.4 is 9.47 Å². The number of oxime groups is 1. The van der Waals surface area contributed by atoms with Gasteiger partial charge in [0, 0.05) is 17.3 Å². The standard InChI is InChI=1S/C15H14N2O3/c1-10-3-2-4-11(16-10)8-19-12-5-6-13-14(17-18)9-20-15(13)7-12/h2-7,18H,8-9H2,1H3. The summed E-state index contributed by atoms with van der Waals surface area (Å²) in [4.78, 5) is 4.38. The Labute approximate surface area is 116 Å². The van der Waals surface area contributed by atoms with E-state index in [1.807, 2.05) is 37.3 Å². The number of rotatable bonds is 3. The molecule has 0 aliphatic carbocycles. The van der Waals surface area contributed by atoms with Gasteiger partial charge in [-0.15, -0.1) is 0 Å². The van der Waals surface area contributed by atoms with Crippen LogP contribution in [0.2, 0.25) is 0 Å². The molecule has 0 radical (unpaired) electrons. The third-order valence-corrected chi connectivity index (χ3v) is 3.08. The minimum Gasteiger partial charge on any atom is -0.487 e. The summed E-state index contributed by atoms with van der Waals surface area (Å²) >= 11 is 0. The Balaban J connectivity index is 1.73. The molecule has 3 rings (SSSR count). The van der Waals surface area contributed by atoms with E-state index in [1.165, 1.54) is 0 Å². The maximum Gasteiger partial charge on any atom is 0.134 e. The Morgan fingerprint density at radius 1 is 1.35 bits per heavy atom. The van der Waals surface area contributed by atoms with E-state index >= 15 is 0 Å². The molecular formula is C15H14N2O3. The lowest BCUT2D eigenvalue weighted by molar-refractivity contribution is 0.298. The monoisotopic (exact) mass is 270 g/mol. The highest BCUT2D eigenvalue weighted by atomic mass is 16.5. The minimum atomic E-state index is 0.286. The van der Waals surface area contributed by atoms with Crippen LogP contribution in [0.15, 0.2) is 41.6 Å². The first-order valence-corrected chi connectivity index (χ1v) is 6.30. The summed E-state index contributed by atoms with van der Waals surface area (Å²) in [5.41, 5.74) is 3.18. The molecule has 0 spiro atoms. The van der Waals surface area contributed by atoms with Crippen molar-refractivity contribution in [2.45, 2.75) is 13.5 Å². The predicted molar refractivity (Wildman–Crippen MR) is 73.6 cm³/mol. The molecule has 1 N–H and O–H groups in total. The van der Waals surface area contributed by atoms with Gasteiger partial charge in [0.15, 0.2) is 0 Å². The molecule has 0 unspecified atom stereocenters. The van der Waals surface area contributed by atoms with E-state index in [0.29, 0.717) is 23.8 Å². The average Bonchev–Trinajstić information content (AvgIpc) is 2.87. The van der Waals surface area contributed by atoms with Crippen molar-refractivity contribution in [3.05, 3.63) is 53.3 Å². The predicted octanol–water partition coefficient (Wildman–Crippen LogP) is 2.54. The summed E-state index contributed by atoms with van der Waals surface area (Å²) in [5, 5.41) is 12.0. The number of hydrogen-bond donors (Lipinski definition) is 1. The highest BCUT2D eigenvalue weighted by molar-refractivity contribution is 6.05. The van der Waals surface area contributed by atoms with E-state index < -0.39 is 0 Å². The van der Waals surface area contributed by atoms with Crippen molar-refractivity contribution >= 4 is 5.71 Å². The van der Waals surface area contributed by atoms with Crippen LogP contribution in [0.25, 0.3) is 0 Å². The number of aryl methyl sites for hydroxylation is 1. The Hall–Kier alpha value is -2.56. The Kier molecular flexibility index (Phi) is 3.25. The molecular weight excluding hydrogens is 256 g/mol. The maximum absolute atomic E-state index is 8.83. The fourth-order valence-corrected chi connectivity index (χ4v) is 2.09. The third-order valence-electron chi connectivity index (χ3n) is 3.08. The van der Waals surface area contributed by atoms with Crippen LogP contribution in [0.4, 0.5) is 0 Å². The fourth-order valence-electron chi connectivity index (χ4n) is 2.09. The number of benzene rings is 1. The lowest BCUT2D eigenvalue weighted by Crippen LogP contribution is -2.01. The summed E-state index contributed by atoms with van der Waals surface area (Å²) < 4.78 is 11.1. The number of ether oxygens (including phenoxy) is 2. The van der Waals surface area contributed by atoms with Crippen molar-refractivity contribution in [2.75, 3.05) is 6.61 Å². The molecule has 0 atom stereocenters. The SMILES string of the molecule is Cc1cccc(COc2ccc3c(c2)OCC3=NO)n1. The van der Waals surface area contributed by atoms with E-state index in [4.69, 9.17) is 14.7 Å². The summed E-state index contributed by atoms with van der Waals surface area (Å²) in [5.74, 6) is 1.37. The summed E-state index contributed by atoms with van der Waals surface area (Å²) in [6.07, 6.45) is 0. The van der Waals surface area contributed by atoms with Gasteiger partial charge in [-0.2, -0.15) is 0 Å². The zero-order chi connectivity index (χ0) is 13.9. The van der Waals surface area contributed by atoms with Crippen LogP contribution in [0.3, 0.4) is 0 Å². The highest BCUT2D eigenvalue weighted by Crippen LogP contribution is 2.30. The van der Waals surface area contributed by atoms with Crippen LogP contribution in [0, 0.1) is 6.92 Å². The molecule has 2 heterocycles. The molecule has 0 saturated carbocycles. The molecule has 1 aromatic carbocycles. The lowest BCUT2D eigenvalue weighted by atomic mass is 10.1. The molecule has 1 aromatic heterocycles. The normalized spacial score (nSPS) is 14.9. The quantitative estimate of drug-likeness (QED) is 0.687. The largest absolute Gasteiger partial charge is 0.487 e. The van der Waals surface area contributed by atoms with Gasteiger partial charge < -0.3 is 14.7 Å². The van der Waals surface area contributed by atoms with Gasteiger partial charge in [-0.05, 0) is 31.2 Å². The van der Waals surface area contributed by atoms with Crippen molar-refractivity contribution in [2.24, 2.45) is 5.16 Å². The van der Waals surface area contributed by atoms with Crippen molar-refractivity contribution in [1.29, 1.82) is 0 Å². The van der Waals surface area contributed by atoms with Crippen molar-refractivity contribution < 1.29 is 14.7 Å². The number of hydrogen-bond acceptors (Lipinski definition) is 5. The number of pyridine rings is 1. The highest BCUT2D eigenvalue weighted by Gasteiger charge is 2.20. The molecule has 0 fully saturated rings. The van der Waals surface area contributed by atoms with Gasteiger partial charge >= 0.3 is 0 Å². The lowest BCUT2D eigenvalue weighted by Gasteiger charge is -2.07. The minimum absolute atomic E-state index is 0.286. The van der Waals surface area contributed by atoms with Crippen LogP contribution in [0.5, 0.6) is 11.5 Å². The van der Waals surface area contributed by atoms with Crippen LogP contribution >= 0.6 is 0 Å². The number of nitrogens with zero attached hydrogens (tertiary/aromatic N) is 2. The Bertz CT molecular complexity index is 668. The average molecular weight is 270 g/mol. The molecule has 5 heteroatoms. The summed E-state index contributed by atoms with van der Waals surface area (Å²) in [6, 6.07) is 11.3. The van der Waals surface area contributed by atoms with Crippen LogP contribution in [0.1, 0.15) is 17.0 Å². The molecule has 1 aliphatic rings. The van der Waals surface area contributed by atoms with Crippen molar-refractivity contribution in [1.82, 2.24) is 4.98 Å². The summed E-state index contributed by atoms with van der Waals surface area (Å²) in [7, 11) is 0. The fraction of sp³-hybridized carbons (Fsp3) is 0.200. The first-order valence-electron chi connectivity index (χ1n) is 6.30. The molecule has 0 amide bonds. The zero-order valence-corrected chi connectivity index (χ0v) is 11.0. The van der Waals surface area contributed by atoms with Gasteiger partial charge in [-0.25, -0.2) is 0 Å².